The molecule has 1 fully saturated rings. The van der Waals surface area contributed by atoms with Gasteiger partial charge in [0.2, 0.25) is 11.8 Å². The van der Waals surface area contributed by atoms with Crippen molar-refractivity contribution in [2.45, 2.75) is 49.3 Å². The number of aryl methyl sites for hydroxylation is 3. The fraction of sp³-hybridized carbons (Fsp3) is 0.370. The van der Waals surface area contributed by atoms with Crippen molar-refractivity contribution in [2.24, 2.45) is 19.8 Å². The van der Waals surface area contributed by atoms with E-state index in [-0.39, 0.29) is 36.5 Å². The Bertz CT molecular complexity index is 1760. The van der Waals surface area contributed by atoms with E-state index in [4.69, 9.17) is 5.73 Å². The molecule has 0 spiro atoms. The van der Waals surface area contributed by atoms with E-state index in [9.17, 15) is 22.8 Å². The van der Waals surface area contributed by atoms with Crippen LogP contribution in [0.5, 0.6) is 0 Å². The number of primary amides is 1. The number of likely N-dealkylation sites (tertiary alicyclic amines) is 1. The first kappa shape index (κ1) is 29.0. The zero-order chi connectivity index (χ0) is 30.2. The summed E-state index contributed by atoms with van der Waals surface area (Å²) in [5.74, 6) is -1.79. The van der Waals surface area contributed by atoms with Crippen LogP contribution in [0, 0.1) is 6.92 Å². The lowest BCUT2D eigenvalue weighted by atomic mass is 9.95. The summed E-state index contributed by atoms with van der Waals surface area (Å²) >= 11 is 0. The quantitative estimate of drug-likeness (QED) is 0.211. The van der Waals surface area contributed by atoms with Crippen LogP contribution in [0.15, 0.2) is 54.1 Å². The van der Waals surface area contributed by atoms with E-state index in [1.165, 1.54) is 26.7 Å². The lowest BCUT2D eigenvalue weighted by Crippen LogP contribution is -2.60. The van der Waals surface area contributed by atoms with Crippen molar-refractivity contribution >= 4 is 38.6 Å². The third-order valence-corrected chi connectivity index (χ3v) is 8.83. The first-order chi connectivity index (χ1) is 19.9. The minimum atomic E-state index is -3.98. The number of benzene rings is 1. The average molecular weight is 596 g/mol. The highest BCUT2D eigenvalue weighted by Crippen LogP contribution is 2.24. The highest BCUT2D eigenvalue weighted by molar-refractivity contribution is 7.89. The molecule has 5 N–H and O–H groups in total. The van der Waals surface area contributed by atoms with Gasteiger partial charge in [0, 0.05) is 56.4 Å². The first-order valence-corrected chi connectivity index (χ1v) is 14.9. The lowest BCUT2D eigenvalue weighted by Gasteiger charge is -2.39. The van der Waals surface area contributed by atoms with Gasteiger partial charge >= 0.3 is 0 Å². The van der Waals surface area contributed by atoms with E-state index in [1.807, 2.05) is 24.3 Å². The van der Waals surface area contributed by atoms with E-state index in [0.717, 1.165) is 16.5 Å². The SMILES string of the molecule is Cc1cc(C(=O)N2CCC(NS(=O)(=O)c3cn(C)cn3)CC2C(=O)NC(Cc2c[nH]c3ccccc23)C(N)=O)n(C)n1. The highest BCUT2D eigenvalue weighted by Gasteiger charge is 2.40. The number of hydrogen-bond acceptors (Lipinski definition) is 7. The molecule has 0 bridgehead atoms. The van der Waals surface area contributed by atoms with Crippen LogP contribution in [0.1, 0.15) is 34.6 Å². The number of aromatic amines is 1. The van der Waals surface area contributed by atoms with Crippen molar-refractivity contribution in [1.82, 2.24) is 39.3 Å². The van der Waals surface area contributed by atoms with Gasteiger partial charge in [0.15, 0.2) is 5.03 Å². The summed E-state index contributed by atoms with van der Waals surface area (Å²) in [5.41, 5.74) is 8.28. The van der Waals surface area contributed by atoms with Gasteiger partial charge in [-0.15, -0.1) is 0 Å². The zero-order valence-corrected chi connectivity index (χ0v) is 24.3. The number of piperidine rings is 1. The predicted molar refractivity (Wildman–Crippen MR) is 152 cm³/mol. The number of amides is 3. The molecule has 5 rings (SSSR count). The molecule has 3 atom stereocenters. The molecule has 0 saturated carbocycles. The van der Waals surface area contributed by atoms with Gasteiger partial charge in [-0.1, -0.05) is 18.2 Å². The summed E-state index contributed by atoms with van der Waals surface area (Å²) in [4.78, 5) is 48.3. The fourth-order valence-corrected chi connectivity index (χ4v) is 6.61. The Morgan fingerprint density at radius 2 is 1.98 bits per heavy atom. The molecule has 3 unspecified atom stereocenters. The van der Waals surface area contributed by atoms with Crippen LogP contribution < -0.4 is 15.8 Å². The van der Waals surface area contributed by atoms with Gasteiger partial charge in [-0.05, 0) is 37.5 Å². The molecular weight excluding hydrogens is 562 g/mol. The number of nitrogens with zero attached hydrogens (tertiary/aromatic N) is 5. The second kappa shape index (κ2) is 11.4. The standard InChI is InChI=1S/C27H33N9O5S/c1-16-10-23(35(3)32-16)27(39)36-9-8-18(33-42(40,41)24-14-34(2)15-30-24)12-22(36)26(38)31-21(25(28)37)11-17-13-29-20-7-5-4-6-19(17)20/h4-7,10,13-15,18,21-22,29,33H,8-9,11-12H2,1-3H3,(H2,28,37)(H,31,38). The summed E-state index contributed by atoms with van der Waals surface area (Å²) in [6.45, 7) is 1.84. The Morgan fingerprint density at radius 1 is 1.21 bits per heavy atom. The maximum Gasteiger partial charge on any atom is 0.272 e. The molecule has 3 aromatic heterocycles. The summed E-state index contributed by atoms with van der Waals surface area (Å²) < 4.78 is 31.5. The minimum Gasteiger partial charge on any atom is -0.368 e. The van der Waals surface area contributed by atoms with E-state index < -0.39 is 45.9 Å². The Balaban J connectivity index is 1.40. The van der Waals surface area contributed by atoms with Crippen molar-refractivity contribution in [3.8, 4) is 0 Å². The number of sulfonamides is 1. The summed E-state index contributed by atoms with van der Waals surface area (Å²) in [6.07, 6.45) is 4.86. The van der Waals surface area contributed by atoms with Crippen molar-refractivity contribution in [2.75, 3.05) is 6.54 Å². The van der Waals surface area contributed by atoms with Crippen LogP contribution in [0.3, 0.4) is 0 Å². The summed E-state index contributed by atoms with van der Waals surface area (Å²) in [5, 5.41) is 7.71. The smallest absolute Gasteiger partial charge is 0.272 e. The molecule has 1 aromatic carbocycles. The van der Waals surface area contributed by atoms with Gasteiger partial charge in [0.1, 0.15) is 17.8 Å². The van der Waals surface area contributed by atoms with Gasteiger partial charge < -0.3 is 25.5 Å². The molecule has 4 heterocycles. The topological polar surface area (TPSA) is 190 Å². The maximum absolute atomic E-state index is 13.8. The second-order valence-electron chi connectivity index (χ2n) is 10.6. The number of nitrogens with two attached hydrogens (primary N) is 1. The Morgan fingerprint density at radius 3 is 2.64 bits per heavy atom. The Labute approximate surface area is 242 Å². The van der Waals surface area contributed by atoms with Crippen molar-refractivity contribution in [3.63, 3.8) is 0 Å². The van der Waals surface area contributed by atoms with Gasteiger partial charge in [0.05, 0.1) is 12.0 Å². The van der Waals surface area contributed by atoms with Gasteiger partial charge in [-0.2, -0.15) is 5.10 Å². The normalized spacial score (nSPS) is 18.2. The Hall–Kier alpha value is -4.50. The number of H-pyrrole nitrogens is 1. The van der Waals surface area contributed by atoms with Crippen LogP contribution in [0.4, 0.5) is 0 Å². The van der Waals surface area contributed by atoms with Gasteiger partial charge in [0.25, 0.3) is 15.9 Å². The average Bonchev–Trinajstić information content (AvgIpc) is 3.66. The van der Waals surface area contributed by atoms with Crippen LogP contribution in [-0.2, 0) is 40.1 Å². The lowest BCUT2D eigenvalue weighted by molar-refractivity contribution is -0.131. The molecule has 222 valence electrons. The number of fused-ring (bicyclic) bond motifs is 1. The van der Waals surface area contributed by atoms with Crippen molar-refractivity contribution < 1.29 is 22.8 Å². The maximum atomic E-state index is 13.8. The van der Waals surface area contributed by atoms with Crippen LogP contribution in [-0.4, -0.2) is 80.0 Å². The number of para-hydroxylation sites is 1. The first-order valence-electron chi connectivity index (χ1n) is 13.4. The largest absolute Gasteiger partial charge is 0.368 e. The number of aromatic nitrogens is 5. The van der Waals surface area contributed by atoms with E-state index in [0.29, 0.717) is 5.69 Å². The van der Waals surface area contributed by atoms with E-state index in [2.05, 4.69) is 25.1 Å². The van der Waals surface area contributed by atoms with Crippen molar-refractivity contribution in [1.29, 1.82) is 0 Å². The molecular formula is C27H33N9O5S. The monoisotopic (exact) mass is 595 g/mol. The molecule has 42 heavy (non-hydrogen) atoms. The molecule has 1 aliphatic rings. The molecule has 15 heteroatoms. The summed E-state index contributed by atoms with van der Waals surface area (Å²) in [7, 11) is -0.695. The van der Waals surface area contributed by atoms with Crippen LogP contribution >= 0.6 is 0 Å². The minimum absolute atomic E-state index is 0.0287. The number of nitrogens with one attached hydrogen (secondary N) is 3. The predicted octanol–water partition coefficient (Wildman–Crippen LogP) is 0.108. The number of carbonyl (C=O) groups is 3. The number of carbonyl (C=O) groups excluding carboxylic acids is 3. The highest BCUT2D eigenvalue weighted by atomic mass is 32.2. The Kier molecular flexibility index (Phi) is 7.88. The van der Waals surface area contributed by atoms with Crippen LogP contribution in [0.2, 0.25) is 0 Å². The number of imidazole rings is 1. The number of rotatable bonds is 9. The molecule has 0 radical (unpaired) electrons. The van der Waals surface area contributed by atoms with E-state index >= 15 is 0 Å². The molecule has 0 aliphatic carbocycles. The van der Waals surface area contributed by atoms with E-state index in [1.54, 1.807) is 33.3 Å². The van der Waals surface area contributed by atoms with Crippen molar-refractivity contribution in [3.05, 3.63) is 66.0 Å². The molecule has 3 amide bonds. The molecule has 1 aliphatic heterocycles. The number of hydrogen-bond donors (Lipinski definition) is 4. The summed E-state index contributed by atoms with van der Waals surface area (Å²) in [6, 6.07) is 6.33. The zero-order valence-electron chi connectivity index (χ0n) is 23.4. The third-order valence-electron chi connectivity index (χ3n) is 7.42. The fourth-order valence-electron chi connectivity index (χ4n) is 5.34. The second-order valence-corrected chi connectivity index (χ2v) is 12.2. The van der Waals surface area contributed by atoms with Crippen LogP contribution in [0.25, 0.3) is 10.9 Å². The van der Waals surface area contributed by atoms with Gasteiger partial charge in [-0.3, -0.25) is 19.1 Å². The molecule has 14 nitrogen and oxygen atoms in total. The third kappa shape index (κ3) is 5.92. The molecule has 1 saturated heterocycles. The molecule has 4 aromatic rings. The van der Waals surface area contributed by atoms with Gasteiger partial charge in [-0.25, -0.2) is 18.1 Å².